The van der Waals surface area contributed by atoms with E-state index in [0.717, 1.165) is 5.56 Å². The van der Waals surface area contributed by atoms with Crippen LogP contribution in [0.1, 0.15) is 29.7 Å². The molecule has 1 N–H and O–H groups in total. The first-order valence-electron chi connectivity index (χ1n) is 6.60. The van der Waals surface area contributed by atoms with Gasteiger partial charge in [0.15, 0.2) is 0 Å². The van der Waals surface area contributed by atoms with Gasteiger partial charge in [0.05, 0.1) is 6.54 Å². The Morgan fingerprint density at radius 3 is 2.42 bits per heavy atom. The molecule has 0 amide bonds. The van der Waals surface area contributed by atoms with E-state index in [9.17, 15) is 0 Å². The third-order valence-corrected chi connectivity index (χ3v) is 3.16. The molecule has 0 heterocycles. The molecule has 19 heavy (non-hydrogen) atoms. The first-order valence-corrected chi connectivity index (χ1v) is 6.60. The number of hydrogen-bond acceptors (Lipinski definition) is 1. The van der Waals surface area contributed by atoms with Gasteiger partial charge >= 0.3 is 0 Å². The molecule has 0 aliphatic rings. The molecule has 2 rings (SSSR count). The van der Waals surface area contributed by atoms with Crippen molar-refractivity contribution in [3.05, 3.63) is 71.3 Å². The Morgan fingerprint density at radius 2 is 1.68 bits per heavy atom. The van der Waals surface area contributed by atoms with Crippen molar-refractivity contribution < 1.29 is 0 Å². The molecule has 2 aromatic carbocycles. The maximum Gasteiger partial charge on any atom is 0.0584 e. The lowest BCUT2D eigenvalue weighted by atomic mass is 10.0. The van der Waals surface area contributed by atoms with Crippen LogP contribution in [0.15, 0.2) is 54.6 Å². The van der Waals surface area contributed by atoms with Gasteiger partial charge < -0.3 is 0 Å². The SMILES string of the molecule is Cc1ccccc1[C@@H](C)NCC#Cc1ccccc1. The molecule has 1 heteroatoms. The standard InChI is InChI=1S/C18H19N/c1-15-9-6-7-13-18(15)16(2)19-14-8-12-17-10-4-3-5-11-17/h3-7,9-11,13,16,19H,14H2,1-2H3/t16-/m1/s1. The lowest BCUT2D eigenvalue weighted by molar-refractivity contribution is 0.620. The van der Waals surface area contributed by atoms with Crippen molar-refractivity contribution >= 4 is 0 Å². The second-order valence-electron chi connectivity index (χ2n) is 4.63. The molecular formula is C18H19N. The predicted octanol–water partition coefficient (Wildman–Crippen LogP) is 3.70. The van der Waals surface area contributed by atoms with Crippen LogP contribution in [0.4, 0.5) is 0 Å². The van der Waals surface area contributed by atoms with Crippen LogP contribution in [0.2, 0.25) is 0 Å². The minimum absolute atomic E-state index is 0.325. The summed E-state index contributed by atoms with van der Waals surface area (Å²) < 4.78 is 0. The van der Waals surface area contributed by atoms with Crippen molar-refractivity contribution in [3.8, 4) is 11.8 Å². The summed E-state index contributed by atoms with van der Waals surface area (Å²) in [7, 11) is 0. The van der Waals surface area contributed by atoms with Crippen LogP contribution in [0.3, 0.4) is 0 Å². The summed E-state index contributed by atoms with van der Waals surface area (Å²) in [5, 5.41) is 3.44. The first-order chi connectivity index (χ1) is 9.27. The Morgan fingerprint density at radius 1 is 1.00 bits per heavy atom. The van der Waals surface area contributed by atoms with Crippen LogP contribution < -0.4 is 5.32 Å². The van der Waals surface area contributed by atoms with Crippen LogP contribution in [0, 0.1) is 18.8 Å². The minimum Gasteiger partial charge on any atom is -0.300 e. The summed E-state index contributed by atoms with van der Waals surface area (Å²) in [6.07, 6.45) is 0. The molecule has 0 aromatic heterocycles. The van der Waals surface area contributed by atoms with Crippen LogP contribution in [0.25, 0.3) is 0 Å². The molecule has 0 aliphatic heterocycles. The molecule has 0 fully saturated rings. The summed E-state index contributed by atoms with van der Waals surface area (Å²) in [6.45, 7) is 5.01. The molecule has 1 nitrogen and oxygen atoms in total. The first kappa shape index (κ1) is 13.4. The number of hydrogen-bond donors (Lipinski definition) is 1. The van der Waals surface area contributed by atoms with E-state index in [4.69, 9.17) is 0 Å². The highest BCUT2D eigenvalue weighted by atomic mass is 14.9. The maximum absolute atomic E-state index is 3.44. The van der Waals surface area contributed by atoms with Crippen LogP contribution in [-0.2, 0) is 0 Å². The van der Waals surface area contributed by atoms with Crippen LogP contribution >= 0.6 is 0 Å². The van der Waals surface area contributed by atoms with E-state index in [0.29, 0.717) is 12.6 Å². The highest BCUT2D eigenvalue weighted by molar-refractivity contribution is 5.34. The van der Waals surface area contributed by atoms with Gasteiger partial charge in [0, 0.05) is 11.6 Å². The number of nitrogens with one attached hydrogen (secondary N) is 1. The minimum atomic E-state index is 0.325. The second-order valence-corrected chi connectivity index (χ2v) is 4.63. The van der Waals surface area contributed by atoms with Crippen molar-refractivity contribution in [2.45, 2.75) is 19.9 Å². The number of aryl methyl sites for hydroxylation is 1. The molecule has 2 aromatic rings. The maximum atomic E-state index is 3.44. The average Bonchev–Trinajstić information content (AvgIpc) is 2.45. The monoisotopic (exact) mass is 249 g/mol. The van der Waals surface area contributed by atoms with E-state index >= 15 is 0 Å². The van der Waals surface area contributed by atoms with Gasteiger partial charge in [-0.2, -0.15) is 0 Å². The summed E-state index contributed by atoms with van der Waals surface area (Å²) >= 11 is 0. The van der Waals surface area contributed by atoms with E-state index in [1.165, 1.54) is 11.1 Å². The Labute approximate surface area is 115 Å². The van der Waals surface area contributed by atoms with Gasteiger partial charge in [0.25, 0.3) is 0 Å². The molecule has 96 valence electrons. The molecule has 0 radical (unpaired) electrons. The zero-order chi connectivity index (χ0) is 13.5. The highest BCUT2D eigenvalue weighted by Gasteiger charge is 2.05. The Kier molecular flexibility index (Phi) is 4.78. The van der Waals surface area contributed by atoms with Crippen molar-refractivity contribution in [3.63, 3.8) is 0 Å². The van der Waals surface area contributed by atoms with E-state index in [2.05, 4.69) is 55.3 Å². The lowest BCUT2D eigenvalue weighted by Crippen LogP contribution is -2.19. The molecule has 0 saturated carbocycles. The Hall–Kier alpha value is -2.04. The molecule has 0 bridgehead atoms. The normalized spacial score (nSPS) is 11.5. The molecule has 0 unspecified atom stereocenters. The highest BCUT2D eigenvalue weighted by Crippen LogP contribution is 2.15. The van der Waals surface area contributed by atoms with E-state index in [1.54, 1.807) is 0 Å². The molecule has 1 atom stereocenters. The zero-order valence-electron chi connectivity index (χ0n) is 11.5. The van der Waals surface area contributed by atoms with Crippen LogP contribution in [-0.4, -0.2) is 6.54 Å². The van der Waals surface area contributed by atoms with E-state index < -0.39 is 0 Å². The largest absolute Gasteiger partial charge is 0.300 e. The number of benzene rings is 2. The third-order valence-electron chi connectivity index (χ3n) is 3.16. The smallest absolute Gasteiger partial charge is 0.0584 e. The zero-order valence-corrected chi connectivity index (χ0v) is 11.5. The predicted molar refractivity (Wildman–Crippen MR) is 80.9 cm³/mol. The summed E-state index contributed by atoms with van der Waals surface area (Å²) in [6, 6.07) is 18.9. The van der Waals surface area contributed by atoms with Gasteiger partial charge in [-0.05, 0) is 37.1 Å². The Balaban J connectivity index is 1.90. The fourth-order valence-electron chi connectivity index (χ4n) is 2.05. The quantitative estimate of drug-likeness (QED) is 0.818. The van der Waals surface area contributed by atoms with E-state index in [-0.39, 0.29) is 0 Å². The van der Waals surface area contributed by atoms with Gasteiger partial charge in [0.1, 0.15) is 0 Å². The van der Waals surface area contributed by atoms with Gasteiger partial charge in [-0.1, -0.05) is 54.3 Å². The summed E-state index contributed by atoms with van der Waals surface area (Å²) in [5.41, 5.74) is 3.72. The molecular weight excluding hydrogens is 230 g/mol. The fraction of sp³-hybridized carbons (Fsp3) is 0.222. The van der Waals surface area contributed by atoms with Gasteiger partial charge in [-0.15, -0.1) is 0 Å². The lowest BCUT2D eigenvalue weighted by Gasteiger charge is -2.14. The molecule has 0 spiro atoms. The van der Waals surface area contributed by atoms with Crippen molar-refractivity contribution in [1.29, 1.82) is 0 Å². The van der Waals surface area contributed by atoms with Gasteiger partial charge in [-0.3, -0.25) is 5.32 Å². The summed E-state index contributed by atoms with van der Waals surface area (Å²) in [4.78, 5) is 0. The van der Waals surface area contributed by atoms with Crippen molar-refractivity contribution in [2.75, 3.05) is 6.54 Å². The molecule has 0 saturated heterocycles. The third kappa shape index (κ3) is 3.98. The van der Waals surface area contributed by atoms with Crippen molar-refractivity contribution in [1.82, 2.24) is 5.32 Å². The van der Waals surface area contributed by atoms with Gasteiger partial charge in [0.2, 0.25) is 0 Å². The summed E-state index contributed by atoms with van der Waals surface area (Å²) in [5.74, 6) is 6.31. The van der Waals surface area contributed by atoms with Crippen LogP contribution in [0.5, 0.6) is 0 Å². The second kappa shape index (κ2) is 6.78. The topological polar surface area (TPSA) is 12.0 Å². The number of rotatable bonds is 3. The van der Waals surface area contributed by atoms with E-state index in [1.807, 2.05) is 30.3 Å². The Bertz CT molecular complexity index is 575. The molecule has 0 aliphatic carbocycles. The fourth-order valence-corrected chi connectivity index (χ4v) is 2.05. The van der Waals surface area contributed by atoms with Gasteiger partial charge in [-0.25, -0.2) is 0 Å². The average molecular weight is 249 g/mol. The van der Waals surface area contributed by atoms with Crippen molar-refractivity contribution in [2.24, 2.45) is 0 Å².